The van der Waals surface area contributed by atoms with Crippen LogP contribution in [-0.4, -0.2) is 31.7 Å². The summed E-state index contributed by atoms with van der Waals surface area (Å²) in [5, 5.41) is 2.90. The van der Waals surface area contributed by atoms with E-state index in [2.05, 4.69) is 5.32 Å². The van der Waals surface area contributed by atoms with Crippen LogP contribution in [0.15, 0.2) is 0 Å². The predicted molar refractivity (Wildman–Crippen MR) is 64.2 cm³/mol. The van der Waals surface area contributed by atoms with Crippen LogP contribution in [-0.2, 0) is 9.53 Å². The normalized spacial score (nSPS) is 13.9. The first-order valence-electron chi connectivity index (χ1n) is 5.10. The van der Waals surface area contributed by atoms with Crippen molar-refractivity contribution in [2.75, 3.05) is 13.7 Å². The van der Waals surface area contributed by atoms with E-state index >= 15 is 0 Å². The van der Waals surface area contributed by atoms with Gasteiger partial charge in [-0.05, 0) is 26.7 Å². The van der Waals surface area contributed by atoms with Crippen LogP contribution in [0, 0.1) is 0 Å². The first kappa shape index (κ1) is 17.1. The smallest absolute Gasteiger partial charge is 0.220 e. The standard InChI is InChI=1S/C10H22N2O2.ClH/c1-8(11)4-5-10(13)12-9(2)6-7-14-3;/h8-9H,4-7,11H2,1-3H3,(H,12,13);1H. The molecule has 0 rings (SSSR count). The lowest BCUT2D eigenvalue weighted by Gasteiger charge is -2.13. The molecular formula is C10H23ClN2O2. The highest BCUT2D eigenvalue weighted by Crippen LogP contribution is 1.96. The molecule has 0 heterocycles. The lowest BCUT2D eigenvalue weighted by molar-refractivity contribution is -0.121. The van der Waals surface area contributed by atoms with Crippen molar-refractivity contribution in [3.63, 3.8) is 0 Å². The van der Waals surface area contributed by atoms with Crippen molar-refractivity contribution in [3.8, 4) is 0 Å². The number of halogens is 1. The van der Waals surface area contributed by atoms with E-state index in [1.807, 2.05) is 13.8 Å². The van der Waals surface area contributed by atoms with Gasteiger partial charge in [-0.3, -0.25) is 4.79 Å². The van der Waals surface area contributed by atoms with Gasteiger partial charge < -0.3 is 15.8 Å². The Morgan fingerprint density at radius 2 is 2.00 bits per heavy atom. The average molecular weight is 239 g/mol. The van der Waals surface area contributed by atoms with Crippen molar-refractivity contribution < 1.29 is 9.53 Å². The van der Waals surface area contributed by atoms with Gasteiger partial charge in [0.2, 0.25) is 5.91 Å². The summed E-state index contributed by atoms with van der Waals surface area (Å²) in [5.41, 5.74) is 5.55. The van der Waals surface area contributed by atoms with Crippen LogP contribution in [0.1, 0.15) is 33.1 Å². The Balaban J connectivity index is 0. The van der Waals surface area contributed by atoms with E-state index in [-0.39, 0.29) is 30.4 Å². The van der Waals surface area contributed by atoms with Crippen molar-refractivity contribution in [3.05, 3.63) is 0 Å². The second-order valence-corrected chi connectivity index (χ2v) is 3.77. The second-order valence-electron chi connectivity index (χ2n) is 3.77. The van der Waals surface area contributed by atoms with Crippen LogP contribution < -0.4 is 11.1 Å². The van der Waals surface area contributed by atoms with Gasteiger partial charge in [0.1, 0.15) is 0 Å². The Kier molecular flexibility index (Phi) is 11.6. The Morgan fingerprint density at radius 1 is 1.40 bits per heavy atom. The maximum Gasteiger partial charge on any atom is 0.220 e. The zero-order valence-corrected chi connectivity index (χ0v) is 10.6. The summed E-state index contributed by atoms with van der Waals surface area (Å²) in [7, 11) is 1.66. The van der Waals surface area contributed by atoms with Crippen molar-refractivity contribution in [1.29, 1.82) is 0 Å². The fraction of sp³-hybridized carbons (Fsp3) is 0.900. The van der Waals surface area contributed by atoms with Crippen LogP contribution in [0.3, 0.4) is 0 Å². The number of amides is 1. The summed E-state index contributed by atoms with van der Waals surface area (Å²) in [6.45, 7) is 4.55. The topological polar surface area (TPSA) is 64.3 Å². The molecule has 0 saturated heterocycles. The van der Waals surface area contributed by atoms with Gasteiger partial charge in [-0.15, -0.1) is 12.4 Å². The molecule has 4 nitrogen and oxygen atoms in total. The maximum atomic E-state index is 11.3. The molecule has 1 amide bonds. The molecule has 2 unspecified atom stereocenters. The van der Waals surface area contributed by atoms with Gasteiger partial charge in [-0.1, -0.05) is 0 Å². The predicted octanol–water partition coefficient (Wildman–Crippen LogP) is 1.08. The van der Waals surface area contributed by atoms with Crippen LogP contribution in [0.2, 0.25) is 0 Å². The van der Waals surface area contributed by atoms with E-state index in [9.17, 15) is 4.79 Å². The molecule has 0 spiro atoms. The van der Waals surface area contributed by atoms with E-state index in [0.717, 1.165) is 12.8 Å². The van der Waals surface area contributed by atoms with Gasteiger partial charge >= 0.3 is 0 Å². The number of ether oxygens (including phenoxy) is 1. The second kappa shape index (κ2) is 10.2. The van der Waals surface area contributed by atoms with Crippen LogP contribution in [0.25, 0.3) is 0 Å². The maximum absolute atomic E-state index is 11.3. The molecule has 2 atom stereocenters. The lowest BCUT2D eigenvalue weighted by Crippen LogP contribution is -2.34. The number of carbonyl (C=O) groups excluding carboxylic acids is 1. The fourth-order valence-electron chi connectivity index (χ4n) is 1.07. The average Bonchev–Trinajstić information content (AvgIpc) is 2.11. The summed E-state index contributed by atoms with van der Waals surface area (Å²) in [6, 6.07) is 0.269. The van der Waals surface area contributed by atoms with Crippen molar-refractivity contribution in [2.24, 2.45) is 5.73 Å². The van der Waals surface area contributed by atoms with Crippen LogP contribution in [0.5, 0.6) is 0 Å². The molecule has 0 radical (unpaired) electrons. The minimum atomic E-state index is 0. The summed E-state index contributed by atoms with van der Waals surface area (Å²) >= 11 is 0. The molecule has 0 saturated carbocycles. The Bertz CT molecular complexity index is 166. The zero-order chi connectivity index (χ0) is 11.0. The summed E-state index contributed by atoms with van der Waals surface area (Å²) in [4.78, 5) is 11.3. The number of carbonyl (C=O) groups is 1. The van der Waals surface area contributed by atoms with E-state index < -0.39 is 0 Å². The largest absolute Gasteiger partial charge is 0.385 e. The molecule has 0 aliphatic carbocycles. The third-order valence-electron chi connectivity index (χ3n) is 1.99. The third kappa shape index (κ3) is 11.6. The molecule has 0 fully saturated rings. The number of nitrogens with two attached hydrogens (primary N) is 1. The first-order chi connectivity index (χ1) is 6.56. The highest BCUT2D eigenvalue weighted by Gasteiger charge is 2.07. The van der Waals surface area contributed by atoms with Gasteiger partial charge in [-0.25, -0.2) is 0 Å². The van der Waals surface area contributed by atoms with Crippen molar-refractivity contribution in [1.82, 2.24) is 5.32 Å². The molecule has 15 heavy (non-hydrogen) atoms. The number of methoxy groups -OCH3 is 1. The lowest BCUT2D eigenvalue weighted by atomic mass is 10.1. The third-order valence-corrected chi connectivity index (χ3v) is 1.99. The molecule has 0 aromatic heterocycles. The van der Waals surface area contributed by atoms with E-state index in [1.54, 1.807) is 7.11 Å². The quantitative estimate of drug-likeness (QED) is 0.698. The van der Waals surface area contributed by atoms with Crippen LogP contribution in [0.4, 0.5) is 0 Å². The minimum Gasteiger partial charge on any atom is -0.385 e. The van der Waals surface area contributed by atoms with Gasteiger partial charge in [0.05, 0.1) is 0 Å². The van der Waals surface area contributed by atoms with Crippen LogP contribution >= 0.6 is 12.4 Å². The van der Waals surface area contributed by atoms with E-state index in [0.29, 0.717) is 13.0 Å². The molecular weight excluding hydrogens is 216 g/mol. The molecule has 3 N–H and O–H groups in total. The number of rotatable bonds is 7. The summed E-state index contributed by atoms with van der Waals surface area (Å²) in [5.74, 6) is 0.0749. The summed E-state index contributed by atoms with van der Waals surface area (Å²) < 4.78 is 4.92. The minimum absolute atomic E-state index is 0. The zero-order valence-electron chi connectivity index (χ0n) is 9.79. The van der Waals surface area contributed by atoms with Crippen molar-refractivity contribution >= 4 is 18.3 Å². The van der Waals surface area contributed by atoms with E-state index in [1.165, 1.54) is 0 Å². The fourth-order valence-corrected chi connectivity index (χ4v) is 1.07. The van der Waals surface area contributed by atoms with Gasteiger partial charge in [0, 0.05) is 32.2 Å². The SMILES string of the molecule is COCCC(C)NC(=O)CCC(C)N.Cl. The number of hydrogen-bond acceptors (Lipinski definition) is 3. The molecule has 0 aromatic rings. The molecule has 0 aromatic carbocycles. The molecule has 0 aliphatic rings. The molecule has 0 bridgehead atoms. The number of hydrogen-bond donors (Lipinski definition) is 2. The molecule has 0 aliphatic heterocycles. The number of nitrogens with one attached hydrogen (secondary N) is 1. The Labute approximate surface area is 98.3 Å². The van der Waals surface area contributed by atoms with E-state index in [4.69, 9.17) is 10.5 Å². The molecule has 5 heteroatoms. The van der Waals surface area contributed by atoms with Crippen molar-refractivity contribution in [2.45, 2.75) is 45.2 Å². The highest BCUT2D eigenvalue weighted by molar-refractivity contribution is 5.85. The van der Waals surface area contributed by atoms with Gasteiger partial charge in [0.15, 0.2) is 0 Å². The first-order valence-corrected chi connectivity index (χ1v) is 5.10. The van der Waals surface area contributed by atoms with Gasteiger partial charge in [-0.2, -0.15) is 0 Å². The Morgan fingerprint density at radius 3 is 2.47 bits per heavy atom. The summed E-state index contributed by atoms with van der Waals surface area (Å²) in [6.07, 6.45) is 2.10. The molecule has 92 valence electrons. The Hall–Kier alpha value is -0.320. The monoisotopic (exact) mass is 238 g/mol. The van der Waals surface area contributed by atoms with Gasteiger partial charge in [0.25, 0.3) is 0 Å². The highest BCUT2D eigenvalue weighted by atomic mass is 35.5.